The Hall–Kier alpha value is -2.66. The largest absolute Gasteiger partial charge is 0.480 e. The summed E-state index contributed by atoms with van der Waals surface area (Å²) in [6.07, 6.45) is 7.47. The van der Waals surface area contributed by atoms with Gasteiger partial charge in [0, 0.05) is 24.2 Å². The van der Waals surface area contributed by atoms with Gasteiger partial charge < -0.3 is 10.4 Å². The van der Waals surface area contributed by atoms with Gasteiger partial charge in [-0.05, 0) is 0 Å². The van der Waals surface area contributed by atoms with Crippen LogP contribution in [0, 0.1) is 12.3 Å². The van der Waals surface area contributed by atoms with Crippen molar-refractivity contribution in [1.82, 2.24) is 14.7 Å². The van der Waals surface area contributed by atoms with Gasteiger partial charge in [-0.25, -0.2) is 9.78 Å². The second-order valence-electron chi connectivity index (χ2n) is 3.81. The van der Waals surface area contributed by atoms with Crippen molar-refractivity contribution in [2.45, 2.75) is 12.5 Å². The predicted octanol–water partition coefficient (Wildman–Crippen LogP) is -0.0377. The third-order valence-electron chi connectivity index (χ3n) is 2.51. The molecule has 2 rings (SSSR count). The lowest BCUT2D eigenvalue weighted by Crippen LogP contribution is -2.42. The number of aromatic nitrogens is 2. The van der Waals surface area contributed by atoms with Crippen LogP contribution in [-0.4, -0.2) is 32.4 Å². The highest BCUT2D eigenvalue weighted by Crippen LogP contribution is 2.06. The number of thiazole rings is 1. The van der Waals surface area contributed by atoms with Gasteiger partial charge in [-0.15, -0.1) is 23.7 Å². The van der Waals surface area contributed by atoms with Gasteiger partial charge in [-0.3, -0.25) is 14.0 Å². The number of carboxylic acid groups (broad SMARTS) is 1. The first-order chi connectivity index (χ1) is 9.54. The van der Waals surface area contributed by atoms with E-state index >= 15 is 0 Å². The molecule has 7 nitrogen and oxygen atoms in total. The van der Waals surface area contributed by atoms with Gasteiger partial charge in [0.2, 0.25) is 0 Å². The summed E-state index contributed by atoms with van der Waals surface area (Å²) in [6, 6.07) is -1.24. The van der Waals surface area contributed by atoms with E-state index < -0.39 is 23.5 Å². The number of rotatable bonds is 4. The molecule has 0 aliphatic rings. The van der Waals surface area contributed by atoms with Crippen LogP contribution in [0.1, 0.15) is 16.8 Å². The van der Waals surface area contributed by atoms with Gasteiger partial charge >= 0.3 is 5.97 Å². The van der Waals surface area contributed by atoms with Gasteiger partial charge in [-0.2, -0.15) is 0 Å². The Kier molecular flexibility index (Phi) is 3.81. The third-order valence-corrected chi connectivity index (χ3v) is 3.28. The Morgan fingerprint density at radius 3 is 3.00 bits per heavy atom. The number of terminal acetylenes is 1. The molecule has 0 saturated heterocycles. The van der Waals surface area contributed by atoms with E-state index in [-0.39, 0.29) is 12.0 Å². The predicted molar refractivity (Wildman–Crippen MR) is 71.7 cm³/mol. The molecular formula is C12H9N3O4S. The molecule has 8 heteroatoms. The lowest BCUT2D eigenvalue weighted by molar-refractivity contribution is -0.139. The summed E-state index contributed by atoms with van der Waals surface area (Å²) in [5.41, 5.74) is -0.789. The lowest BCUT2D eigenvalue weighted by atomic mass is 10.2. The van der Waals surface area contributed by atoms with Crippen LogP contribution < -0.4 is 10.9 Å². The van der Waals surface area contributed by atoms with E-state index in [4.69, 9.17) is 11.5 Å². The fraction of sp³-hybridized carbons (Fsp3) is 0.167. The molecule has 2 aromatic heterocycles. The first-order valence-electron chi connectivity index (χ1n) is 5.46. The number of carboxylic acids is 1. The van der Waals surface area contributed by atoms with Gasteiger partial charge in [0.05, 0.1) is 0 Å². The Labute approximate surface area is 116 Å². The van der Waals surface area contributed by atoms with Gasteiger partial charge in [-0.1, -0.05) is 0 Å². The molecule has 2 aromatic rings. The van der Waals surface area contributed by atoms with E-state index in [9.17, 15) is 14.4 Å². The first kappa shape index (κ1) is 13.8. The molecule has 2 heterocycles. The number of carbonyl (C=O) groups is 2. The fourth-order valence-corrected chi connectivity index (χ4v) is 2.21. The van der Waals surface area contributed by atoms with Crippen molar-refractivity contribution in [3.63, 3.8) is 0 Å². The minimum atomic E-state index is -1.26. The molecule has 0 saturated carbocycles. The van der Waals surface area contributed by atoms with Crippen molar-refractivity contribution in [1.29, 1.82) is 0 Å². The Bertz CT molecular complexity index is 771. The summed E-state index contributed by atoms with van der Waals surface area (Å²) in [6.45, 7) is 0. The zero-order valence-corrected chi connectivity index (χ0v) is 10.9. The molecule has 0 spiro atoms. The van der Waals surface area contributed by atoms with Crippen molar-refractivity contribution in [2.24, 2.45) is 0 Å². The van der Waals surface area contributed by atoms with Crippen LogP contribution in [0.2, 0.25) is 0 Å². The molecule has 0 bridgehead atoms. The average Bonchev–Trinajstić information content (AvgIpc) is 2.87. The molecule has 0 fully saturated rings. The number of fused-ring (bicyclic) bond motifs is 1. The maximum absolute atomic E-state index is 12.0. The average molecular weight is 291 g/mol. The molecule has 0 radical (unpaired) electrons. The highest BCUT2D eigenvalue weighted by atomic mass is 32.1. The Morgan fingerprint density at radius 1 is 1.60 bits per heavy atom. The van der Waals surface area contributed by atoms with E-state index in [1.54, 1.807) is 5.38 Å². The van der Waals surface area contributed by atoms with Crippen molar-refractivity contribution >= 4 is 28.2 Å². The summed E-state index contributed by atoms with van der Waals surface area (Å²) >= 11 is 1.25. The fourth-order valence-electron chi connectivity index (χ4n) is 1.53. The zero-order chi connectivity index (χ0) is 14.7. The van der Waals surface area contributed by atoms with Crippen molar-refractivity contribution in [2.75, 3.05) is 0 Å². The second-order valence-corrected chi connectivity index (χ2v) is 4.68. The molecule has 0 aliphatic carbocycles. The number of hydrogen-bond donors (Lipinski definition) is 2. The molecule has 20 heavy (non-hydrogen) atoms. The van der Waals surface area contributed by atoms with Crippen LogP contribution in [-0.2, 0) is 4.79 Å². The molecule has 2 N–H and O–H groups in total. The number of hydrogen-bond acceptors (Lipinski definition) is 5. The minimum absolute atomic E-state index is 0.170. The van der Waals surface area contributed by atoms with Crippen LogP contribution in [0.4, 0.5) is 0 Å². The zero-order valence-electron chi connectivity index (χ0n) is 10.1. The molecule has 1 unspecified atom stereocenters. The van der Waals surface area contributed by atoms with Gasteiger partial charge in [0.15, 0.2) is 4.96 Å². The highest BCUT2D eigenvalue weighted by molar-refractivity contribution is 7.15. The quantitative estimate of drug-likeness (QED) is 0.770. The van der Waals surface area contributed by atoms with E-state index in [1.807, 2.05) is 0 Å². The summed E-state index contributed by atoms with van der Waals surface area (Å²) < 4.78 is 1.22. The van der Waals surface area contributed by atoms with E-state index in [0.29, 0.717) is 4.96 Å². The molecule has 1 amide bonds. The monoisotopic (exact) mass is 291 g/mol. The van der Waals surface area contributed by atoms with E-state index in [0.717, 1.165) is 6.20 Å². The van der Waals surface area contributed by atoms with Gasteiger partial charge in [0.25, 0.3) is 11.5 Å². The van der Waals surface area contributed by atoms with Crippen LogP contribution in [0.3, 0.4) is 0 Å². The van der Waals surface area contributed by atoms with E-state index in [2.05, 4.69) is 16.2 Å². The lowest BCUT2D eigenvalue weighted by Gasteiger charge is -2.11. The number of aliphatic carboxylic acids is 1. The van der Waals surface area contributed by atoms with Crippen LogP contribution >= 0.6 is 11.3 Å². The number of amides is 1. The van der Waals surface area contributed by atoms with Crippen molar-refractivity contribution in [3.05, 3.63) is 33.7 Å². The molecular weight excluding hydrogens is 282 g/mol. The summed E-state index contributed by atoms with van der Waals surface area (Å²) in [4.78, 5) is 39.3. The molecule has 1 atom stereocenters. The van der Waals surface area contributed by atoms with Crippen LogP contribution in [0.15, 0.2) is 22.6 Å². The molecule has 102 valence electrons. The normalized spacial score (nSPS) is 11.8. The SMILES string of the molecule is C#CCC(NC(=O)c1cnc2sccn2c1=O)C(=O)O. The molecule has 0 aliphatic heterocycles. The van der Waals surface area contributed by atoms with Gasteiger partial charge in [0.1, 0.15) is 11.6 Å². The first-order valence-corrected chi connectivity index (χ1v) is 6.34. The summed E-state index contributed by atoms with van der Waals surface area (Å²) in [5, 5.41) is 12.8. The van der Waals surface area contributed by atoms with Crippen molar-refractivity contribution < 1.29 is 14.7 Å². The maximum Gasteiger partial charge on any atom is 0.327 e. The third kappa shape index (κ3) is 2.53. The summed E-state index contributed by atoms with van der Waals surface area (Å²) in [5.74, 6) is 0.0761. The van der Waals surface area contributed by atoms with Crippen LogP contribution in [0.5, 0.6) is 0 Å². The highest BCUT2D eigenvalue weighted by Gasteiger charge is 2.22. The Morgan fingerprint density at radius 2 is 2.35 bits per heavy atom. The summed E-state index contributed by atoms with van der Waals surface area (Å²) in [7, 11) is 0. The number of carbonyl (C=O) groups excluding carboxylic acids is 1. The molecule has 0 aromatic carbocycles. The number of nitrogens with zero attached hydrogens (tertiary/aromatic N) is 2. The minimum Gasteiger partial charge on any atom is -0.480 e. The standard InChI is InChI=1S/C12H9N3O4S/c1-2-3-8(11(18)19)14-9(16)7-6-13-12-15(10(7)17)4-5-20-12/h1,4-6,8H,3H2,(H,14,16)(H,18,19). The van der Waals surface area contributed by atoms with Crippen molar-refractivity contribution in [3.8, 4) is 12.3 Å². The second kappa shape index (κ2) is 5.54. The Balaban J connectivity index is 2.32. The number of nitrogens with one attached hydrogen (secondary N) is 1. The topological polar surface area (TPSA) is 101 Å². The van der Waals surface area contributed by atoms with Crippen LogP contribution in [0.25, 0.3) is 4.96 Å². The smallest absolute Gasteiger partial charge is 0.327 e. The maximum atomic E-state index is 12.0. The van der Waals surface area contributed by atoms with E-state index in [1.165, 1.54) is 21.9 Å².